The maximum Gasteiger partial charge on any atom is 0.234 e. The molecule has 1 aliphatic carbocycles. The summed E-state index contributed by atoms with van der Waals surface area (Å²) in [5.74, 6) is 1.52. The lowest BCUT2D eigenvalue weighted by atomic mass is 9.67. The zero-order valence-electron chi connectivity index (χ0n) is 8.92. The summed E-state index contributed by atoms with van der Waals surface area (Å²) in [4.78, 5) is 13.4. The minimum atomic E-state index is 0.164. The Labute approximate surface area is 85.0 Å². The molecule has 0 radical (unpaired) electrons. The first kappa shape index (κ1) is 9.93. The summed E-state index contributed by atoms with van der Waals surface area (Å²) in [5.41, 5.74) is 0. The van der Waals surface area contributed by atoms with E-state index in [4.69, 9.17) is 0 Å². The number of carbonyl (C=O) groups is 1. The zero-order valence-corrected chi connectivity index (χ0v) is 8.92. The summed E-state index contributed by atoms with van der Waals surface area (Å²) in [6.07, 6.45) is 1.29. The molecule has 2 heterocycles. The van der Waals surface area contributed by atoms with Crippen LogP contribution in [0.1, 0.15) is 6.42 Å². The van der Waals surface area contributed by atoms with Gasteiger partial charge >= 0.3 is 0 Å². The number of nitrogens with one attached hydrogen (secondary N) is 2. The van der Waals surface area contributed by atoms with Gasteiger partial charge in [0.2, 0.25) is 5.91 Å². The van der Waals surface area contributed by atoms with Crippen molar-refractivity contribution in [1.29, 1.82) is 0 Å². The Bertz CT molecular complexity index is 215. The van der Waals surface area contributed by atoms with Gasteiger partial charge in [-0.25, -0.2) is 0 Å². The number of hydrogen-bond acceptors (Lipinski definition) is 3. The number of fused-ring (bicyclic) bond motifs is 2. The first-order valence-electron chi connectivity index (χ1n) is 5.31. The van der Waals surface area contributed by atoms with E-state index in [0.29, 0.717) is 24.4 Å². The van der Waals surface area contributed by atoms with Gasteiger partial charge in [-0.05, 0) is 45.4 Å². The average molecular weight is 197 g/mol. The predicted molar refractivity (Wildman–Crippen MR) is 55.0 cm³/mol. The third kappa shape index (κ3) is 1.91. The van der Waals surface area contributed by atoms with Crippen molar-refractivity contribution in [2.45, 2.75) is 12.5 Å². The minimum absolute atomic E-state index is 0.164. The molecule has 0 aromatic heterocycles. The molecule has 3 aliphatic rings. The number of nitrogens with zero attached hydrogens (tertiary/aromatic N) is 1. The number of rotatable bonds is 3. The highest BCUT2D eigenvalue weighted by Crippen LogP contribution is 2.36. The monoisotopic (exact) mass is 197 g/mol. The van der Waals surface area contributed by atoms with E-state index in [0.717, 1.165) is 13.1 Å². The van der Waals surface area contributed by atoms with Crippen molar-refractivity contribution in [2.24, 2.45) is 11.8 Å². The first-order valence-corrected chi connectivity index (χ1v) is 5.31. The van der Waals surface area contributed by atoms with Gasteiger partial charge in [0.05, 0.1) is 6.54 Å². The predicted octanol–water partition coefficient (Wildman–Crippen LogP) is -0.728. The molecule has 3 rings (SSSR count). The Balaban J connectivity index is 1.78. The second-order valence-corrected chi connectivity index (χ2v) is 4.75. The quantitative estimate of drug-likeness (QED) is 0.627. The summed E-state index contributed by atoms with van der Waals surface area (Å²) in [7, 11) is 3.84. The smallest absolute Gasteiger partial charge is 0.234 e. The Morgan fingerprint density at radius 3 is 2.57 bits per heavy atom. The Kier molecular flexibility index (Phi) is 2.74. The van der Waals surface area contributed by atoms with Gasteiger partial charge in [-0.3, -0.25) is 4.79 Å². The van der Waals surface area contributed by atoms with E-state index in [2.05, 4.69) is 10.6 Å². The van der Waals surface area contributed by atoms with Gasteiger partial charge in [0, 0.05) is 6.04 Å². The topological polar surface area (TPSA) is 44.4 Å². The molecule has 1 amide bonds. The van der Waals surface area contributed by atoms with Crippen molar-refractivity contribution < 1.29 is 4.79 Å². The molecule has 3 fully saturated rings. The van der Waals surface area contributed by atoms with Gasteiger partial charge in [0.25, 0.3) is 0 Å². The van der Waals surface area contributed by atoms with Crippen LogP contribution in [0.5, 0.6) is 0 Å². The molecule has 2 unspecified atom stereocenters. The second kappa shape index (κ2) is 3.87. The maximum atomic E-state index is 11.5. The maximum absolute atomic E-state index is 11.5. The van der Waals surface area contributed by atoms with E-state index in [1.165, 1.54) is 6.42 Å². The number of piperidine rings is 2. The summed E-state index contributed by atoms with van der Waals surface area (Å²) in [6.45, 7) is 2.65. The molecule has 4 heteroatoms. The Hall–Kier alpha value is -0.610. The third-order valence-electron chi connectivity index (χ3n) is 3.22. The van der Waals surface area contributed by atoms with Gasteiger partial charge in [0.15, 0.2) is 0 Å². The first-order chi connectivity index (χ1) is 6.66. The van der Waals surface area contributed by atoms with Crippen LogP contribution >= 0.6 is 0 Å². The van der Waals surface area contributed by atoms with Gasteiger partial charge in [-0.1, -0.05) is 0 Å². The van der Waals surface area contributed by atoms with Crippen LogP contribution in [0.15, 0.2) is 0 Å². The molecular formula is C10H19N3O. The lowest BCUT2D eigenvalue weighted by Gasteiger charge is -2.49. The van der Waals surface area contributed by atoms with Gasteiger partial charge in [-0.2, -0.15) is 0 Å². The molecule has 2 aliphatic heterocycles. The van der Waals surface area contributed by atoms with Crippen molar-refractivity contribution >= 4 is 5.91 Å². The van der Waals surface area contributed by atoms with Crippen molar-refractivity contribution in [3.05, 3.63) is 0 Å². The number of likely N-dealkylation sites (N-methyl/N-ethyl adjacent to an activating group) is 1. The molecule has 80 valence electrons. The van der Waals surface area contributed by atoms with Crippen LogP contribution in [0.3, 0.4) is 0 Å². The van der Waals surface area contributed by atoms with E-state index in [-0.39, 0.29) is 5.91 Å². The van der Waals surface area contributed by atoms with E-state index in [9.17, 15) is 4.79 Å². The van der Waals surface area contributed by atoms with Crippen LogP contribution in [0.25, 0.3) is 0 Å². The lowest BCUT2D eigenvalue weighted by molar-refractivity contribution is -0.125. The van der Waals surface area contributed by atoms with Crippen molar-refractivity contribution in [1.82, 2.24) is 15.5 Å². The van der Waals surface area contributed by atoms with Gasteiger partial charge in [0.1, 0.15) is 0 Å². The Morgan fingerprint density at radius 1 is 1.43 bits per heavy atom. The zero-order chi connectivity index (χ0) is 10.1. The van der Waals surface area contributed by atoms with E-state index in [1.807, 2.05) is 19.0 Å². The molecule has 2 atom stereocenters. The normalized spacial score (nSPS) is 35.2. The van der Waals surface area contributed by atoms with Crippen LogP contribution in [-0.4, -0.2) is 50.6 Å². The lowest BCUT2D eigenvalue weighted by Crippen LogP contribution is -2.64. The summed E-state index contributed by atoms with van der Waals surface area (Å²) < 4.78 is 0. The molecule has 1 saturated carbocycles. The Morgan fingerprint density at radius 2 is 2.07 bits per heavy atom. The number of carbonyl (C=O) groups excluding carboxylic acids is 1. The standard InChI is InChI=1S/C10H19N3O/c1-13(2)6-9(14)12-10-7-3-8(10)5-11-4-7/h7-8,10-11H,3-6H2,1-2H3,(H,12,14). The van der Waals surface area contributed by atoms with Crippen LogP contribution in [0.4, 0.5) is 0 Å². The molecule has 4 nitrogen and oxygen atoms in total. The fraction of sp³-hybridized carbons (Fsp3) is 0.900. The van der Waals surface area contributed by atoms with Gasteiger partial charge in [-0.15, -0.1) is 0 Å². The van der Waals surface area contributed by atoms with Crippen molar-refractivity contribution in [3.8, 4) is 0 Å². The fourth-order valence-electron chi connectivity index (χ4n) is 2.50. The second-order valence-electron chi connectivity index (χ2n) is 4.75. The average Bonchev–Trinajstić information content (AvgIpc) is 2.14. The van der Waals surface area contributed by atoms with Crippen LogP contribution < -0.4 is 10.6 Å². The molecule has 0 aromatic carbocycles. The van der Waals surface area contributed by atoms with E-state index in [1.54, 1.807) is 0 Å². The molecule has 2 N–H and O–H groups in total. The molecule has 14 heavy (non-hydrogen) atoms. The minimum Gasteiger partial charge on any atom is -0.352 e. The largest absolute Gasteiger partial charge is 0.352 e. The molecule has 2 bridgehead atoms. The molecular weight excluding hydrogens is 178 g/mol. The summed E-state index contributed by atoms with van der Waals surface area (Å²) >= 11 is 0. The number of amides is 1. The SMILES string of the molecule is CN(C)CC(=O)NC1C2CNCC1C2. The van der Waals surface area contributed by atoms with Crippen molar-refractivity contribution in [3.63, 3.8) is 0 Å². The molecule has 0 spiro atoms. The highest BCUT2D eigenvalue weighted by molar-refractivity contribution is 5.78. The summed E-state index contributed by atoms with van der Waals surface area (Å²) in [6, 6.07) is 0.448. The van der Waals surface area contributed by atoms with E-state index >= 15 is 0 Å². The molecule has 2 saturated heterocycles. The van der Waals surface area contributed by atoms with Crippen LogP contribution in [0, 0.1) is 11.8 Å². The van der Waals surface area contributed by atoms with Gasteiger partial charge < -0.3 is 15.5 Å². The highest BCUT2D eigenvalue weighted by atomic mass is 16.2. The fourth-order valence-corrected chi connectivity index (χ4v) is 2.50. The van der Waals surface area contributed by atoms with Crippen LogP contribution in [-0.2, 0) is 4.79 Å². The third-order valence-corrected chi connectivity index (χ3v) is 3.22. The van der Waals surface area contributed by atoms with E-state index < -0.39 is 0 Å². The highest BCUT2D eigenvalue weighted by Gasteiger charge is 2.44. The number of hydrogen-bond donors (Lipinski definition) is 2. The van der Waals surface area contributed by atoms with Crippen LogP contribution in [0.2, 0.25) is 0 Å². The molecule has 0 aromatic rings. The summed E-state index contributed by atoms with van der Waals surface area (Å²) in [5, 5.41) is 6.50. The van der Waals surface area contributed by atoms with Crippen molar-refractivity contribution in [2.75, 3.05) is 33.7 Å².